The van der Waals surface area contributed by atoms with Crippen LogP contribution < -0.4 is 5.32 Å². The fourth-order valence-electron chi connectivity index (χ4n) is 3.17. The van der Waals surface area contributed by atoms with Crippen LogP contribution in [0.4, 0.5) is 5.69 Å². The van der Waals surface area contributed by atoms with Gasteiger partial charge in [-0.2, -0.15) is 0 Å². The number of nitrogens with zero attached hydrogens (tertiary/aromatic N) is 1. The monoisotopic (exact) mass is 406 g/mol. The third-order valence-corrected chi connectivity index (χ3v) is 6.08. The summed E-state index contributed by atoms with van der Waals surface area (Å²) in [5, 5.41) is 3.75. The average Bonchev–Trinajstić information content (AvgIpc) is 2.84. The van der Waals surface area contributed by atoms with E-state index in [0.717, 1.165) is 32.3 Å². The second-order valence-corrected chi connectivity index (χ2v) is 8.25. The number of carbonyl (C=O) groups excluding carboxylic acids is 1. The Balaban J connectivity index is 1.62. The molecule has 28 heavy (non-hydrogen) atoms. The van der Waals surface area contributed by atoms with Crippen molar-refractivity contribution in [3.05, 3.63) is 88.4 Å². The van der Waals surface area contributed by atoms with Crippen LogP contribution >= 0.6 is 23.4 Å². The summed E-state index contributed by atoms with van der Waals surface area (Å²) < 4.78 is 0. The van der Waals surface area contributed by atoms with E-state index in [1.54, 1.807) is 11.8 Å². The lowest BCUT2D eigenvalue weighted by molar-refractivity contribution is 0.0940. The summed E-state index contributed by atoms with van der Waals surface area (Å²) in [5.41, 5.74) is 4.39. The maximum Gasteiger partial charge on any atom is 0.251 e. The van der Waals surface area contributed by atoms with Crippen LogP contribution in [0.5, 0.6) is 0 Å². The van der Waals surface area contributed by atoms with Crippen molar-refractivity contribution >= 4 is 40.7 Å². The lowest BCUT2D eigenvalue weighted by Crippen LogP contribution is -2.26. The van der Waals surface area contributed by atoms with Crippen LogP contribution in [0.1, 0.15) is 41.4 Å². The molecule has 3 nitrogen and oxygen atoms in total. The van der Waals surface area contributed by atoms with E-state index in [9.17, 15) is 4.79 Å². The summed E-state index contributed by atoms with van der Waals surface area (Å²) >= 11 is 7.80. The van der Waals surface area contributed by atoms with Crippen LogP contribution in [-0.4, -0.2) is 11.6 Å². The van der Waals surface area contributed by atoms with Gasteiger partial charge in [-0.25, -0.2) is 0 Å². The third kappa shape index (κ3) is 3.84. The summed E-state index contributed by atoms with van der Waals surface area (Å²) in [6.07, 6.45) is 0. The Hall–Kier alpha value is -2.56. The Morgan fingerprint density at radius 3 is 2.57 bits per heavy atom. The molecule has 0 aromatic heterocycles. The lowest BCUT2D eigenvalue weighted by atomic mass is 10.1. The molecular formula is C23H19ClN2OS. The van der Waals surface area contributed by atoms with E-state index in [-0.39, 0.29) is 11.9 Å². The van der Waals surface area contributed by atoms with Gasteiger partial charge in [0.15, 0.2) is 0 Å². The van der Waals surface area contributed by atoms with Crippen LogP contribution in [0.2, 0.25) is 5.02 Å². The molecule has 1 atom stereocenters. The van der Waals surface area contributed by atoms with Crippen LogP contribution in [0.15, 0.2) is 81.5 Å². The Morgan fingerprint density at radius 2 is 1.79 bits per heavy atom. The van der Waals surface area contributed by atoms with Crippen molar-refractivity contribution in [2.75, 3.05) is 0 Å². The zero-order chi connectivity index (χ0) is 19.7. The predicted molar refractivity (Wildman–Crippen MR) is 116 cm³/mol. The zero-order valence-electron chi connectivity index (χ0n) is 15.6. The molecule has 1 aliphatic rings. The summed E-state index contributed by atoms with van der Waals surface area (Å²) in [5.74, 6) is -0.109. The molecule has 1 amide bonds. The largest absolute Gasteiger partial charge is 0.346 e. The molecule has 5 heteroatoms. The third-order valence-electron chi connectivity index (χ3n) is 4.71. The molecule has 1 aliphatic heterocycles. The van der Waals surface area contributed by atoms with Gasteiger partial charge >= 0.3 is 0 Å². The number of carbonyl (C=O) groups is 1. The molecule has 3 aromatic carbocycles. The smallest absolute Gasteiger partial charge is 0.251 e. The fourth-order valence-corrected chi connectivity index (χ4v) is 4.38. The summed E-state index contributed by atoms with van der Waals surface area (Å²) in [4.78, 5) is 19.7. The Labute approximate surface area is 173 Å². The number of hydrogen-bond donors (Lipinski definition) is 1. The number of aliphatic imine (C=N–C) groups is 1. The molecule has 0 spiro atoms. The second-order valence-electron chi connectivity index (χ2n) is 6.73. The summed E-state index contributed by atoms with van der Waals surface area (Å²) in [6, 6.07) is 21.4. The highest BCUT2D eigenvalue weighted by atomic mass is 35.5. The van der Waals surface area contributed by atoms with Gasteiger partial charge in [0.1, 0.15) is 0 Å². The number of amides is 1. The van der Waals surface area contributed by atoms with Crippen molar-refractivity contribution in [1.29, 1.82) is 0 Å². The van der Waals surface area contributed by atoms with E-state index in [1.807, 2.05) is 80.6 Å². The van der Waals surface area contributed by atoms with Crippen LogP contribution in [0, 0.1) is 0 Å². The highest BCUT2D eigenvalue weighted by Crippen LogP contribution is 2.41. The van der Waals surface area contributed by atoms with E-state index >= 15 is 0 Å². The molecule has 1 heterocycles. The minimum absolute atomic E-state index is 0.0708. The van der Waals surface area contributed by atoms with Crippen molar-refractivity contribution < 1.29 is 4.79 Å². The van der Waals surface area contributed by atoms with Gasteiger partial charge in [-0.1, -0.05) is 53.7 Å². The van der Waals surface area contributed by atoms with E-state index in [0.29, 0.717) is 10.6 Å². The van der Waals surface area contributed by atoms with E-state index in [1.165, 1.54) is 0 Å². The Kier molecular flexibility index (Phi) is 5.25. The van der Waals surface area contributed by atoms with Gasteiger partial charge in [-0.05, 0) is 55.8 Å². The molecule has 0 radical (unpaired) electrons. The molecule has 0 bridgehead atoms. The summed E-state index contributed by atoms with van der Waals surface area (Å²) in [7, 11) is 0. The highest BCUT2D eigenvalue weighted by Gasteiger charge is 2.18. The first-order chi connectivity index (χ1) is 13.5. The topological polar surface area (TPSA) is 41.5 Å². The van der Waals surface area contributed by atoms with Gasteiger partial charge in [0.05, 0.1) is 11.7 Å². The first kappa shape index (κ1) is 18.8. The normalized spacial score (nSPS) is 13.6. The van der Waals surface area contributed by atoms with Crippen molar-refractivity contribution in [2.45, 2.75) is 29.7 Å². The highest BCUT2D eigenvalue weighted by molar-refractivity contribution is 7.99. The predicted octanol–water partition coefficient (Wildman–Crippen LogP) is 6.44. The number of fused-ring (bicyclic) bond motifs is 2. The number of rotatable bonds is 3. The van der Waals surface area contributed by atoms with Gasteiger partial charge in [0, 0.05) is 31.7 Å². The Morgan fingerprint density at radius 1 is 1.04 bits per heavy atom. The molecule has 0 saturated carbocycles. The maximum absolute atomic E-state index is 12.8. The van der Waals surface area contributed by atoms with E-state index in [2.05, 4.69) is 5.32 Å². The van der Waals surface area contributed by atoms with Gasteiger partial charge in [0.2, 0.25) is 0 Å². The van der Waals surface area contributed by atoms with Crippen LogP contribution in [0.25, 0.3) is 0 Å². The molecule has 0 saturated heterocycles. The van der Waals surface area contributed by atoms with Gasteiger partial charge in [-0.3, -0.25) is 9.79 Å². The number of nitrogens with one attached hydrogen (secondary N) is 1. The maximum atomic E-state index is 12.8. The first-order valence-electron chi connectivity index (χ1n) is 9.04. The van der Waals surface area contributed by atoms with E-state index < -0.39 is 0 Å². The lowest BCUT2D eigenvalue weighted by Gasteiger charge is -2.15. The van der Waals surface area contributed by atoms with Gasteiger partial charge in [-0.15, -0.1) is 0 Å². The summed E-state index contributed by atoms with van der Waals surface area (Å²) in [6.45, 7) is 3.95. The molecule has 140 valence electrons. The van der Waals surface area contributed by atoms with Gasteiger partial charge < -0.3 is 5.32 Å². The van der Waals surface area contributed by atoms with Crippen molar-refractivity contribution in [3.63, 3.8) is 0 Å². The minimum Gasteiger partial charge on any atom is -0.346 e. The SMILES string of the molecule is CC1=Nc2cc(C(=O)N[C@@H](C)c3ccccc3)ccc2Sc2ccc(Cl)cc21. The second kappa shape index (κ2) is 7.82. The minimum atomic E-state index is -0.109. The van der Waals surface area contributed by atoms with E-state index in [4.69, 9.17) is 16.6 Å². The molecular weight excluding hydrogens is 388 g/mol. The molecule has 0 unspecified atom stereocenters. The quantitative estimate of drug-likeness (QED) is 0.544. The number of halogens is 1. The number of hydrogen-bond acceptors (Lipinski definition) is 3. The average molecular weight is 407 g/mol. The number of benzene rings is 3. The zero-order valence-corrected chi connectivity index (χ0v) is 17.1. The van der Waals surface area contributed by atoms with Crippen LogP contribution in [-0.2, 0) is 0 Å². The molecule has 0 fully saturated rings. The van der Waals surface area contributed by atoms with Crippen molar-refractivity contribution in [3.8, 4) is 0 Å². The van der Waals surface area contributed by atoms with Crippen LogP contribution in [0.3, 0.4) is 0 Å². The molecule has 1 N–H and O–H groups in total. The van der Waals surface area contributed by atoms with Crippen molar-refractivity contribution in [1.82, 2.24) is 5.32 Å². The Bertz CT molecular complexity index is 1080. The first-order valence-corrected chi connectivity index (χ1v) is 10.2. The fraction of sp³-hybridized carbons (Fsp3) is 0.130. The standard InChI is InChI=1S/C23H19ClN2OS/c1-14(16-6-4-3-5-7-16)26-23(27)17-8-10-22-20(12-17)25-15(2)19-13-18(24)9-11-21(19)28-22/h3-14H,1-2H3,(H,26,27)/t14-/m0/s1. The molecule has 3 aromatic rings. The van der Waals surface area contributed by atoms with Crippen molar-refractivity contribution in [2.24, 2.45) is 4.99 Å². The van der Waals surface area contributed by atoms with Gasteiger partial charge in [0.25, 0.3) is 5.91 Å². The molecule has 4 rings (SSSR count). The molecule has 0 aliphatic carbocycles.